The molecule has 182 valence electrons. The molecule has 8 nitrogen and oxygen atoms in total. The van der Waals surface area contributed by atoms with Gasteiger partial charge in [-0.3, -0.25) is 14.5 Å². The number of carbonyl (C=O) groups excluding carboxylic acids is 2. The topological polar surface area (TPSA) is 106 Å². The molecule has 2 aromatic rings. The van der Waals surface area contributed by atoms with E-state index < -0.39 is 68.0 Å². The largest absolute Gasteiger partial charge is 0.417 e. The first-order valence-electron chi connectivity index (χ1n) is 9.95. The normalized spacial score (nSPS) is 19.5. The van der Waals surface area contributed by atoms with Crippen LogP contribution < -0.4 is 15.0 Å². The smallest absolute Gasteiger partial charge is 0.388 e. The van der Waals surface area contributed by atoms with E-state index in [0.717, 1.165) is 23.1 Å². The van der Waals surface area contributed by atoms with Crippen LogP contribution in [0.5, 0.6) is 5.88 Å². The summed E-state index contributed by atoms with van der Waals surface area (Å²) >= 11 is 0. The Labute approximate surface area is 191 Å². The maximum Gasteiger partial charge on any atom is 0.388 e. The Bertz CT molecular complexity index is 1320. The maximum absolute atomic E-state index is 15.0. The predicted molar refractivity (Wildman–Crippen MR) is 112 cm³/mol. The number of nitrogens with zero attached hydrogens (tertiary/aromatic N) is 2. The number of amides is 2. The van der Waals surface area contributed by atoms with Crippen LogP contribution in [0, 0.1) is 11.6 Å². The van der Waals surface area contributed by atoms with Crippen LogP contribution in [-0.2, 0) is 20.0 Å². The van der Waals surface area contributed by atoms with Gasteiger partial charge in [0, 0.05) is 6.07 Å². The van der Waals surface area contributed by atoms with Gasteiger partial charge in [0.2, 0.25) is 11.8 Å². The summed E-state index contributed by atoms with van der Waals surface area (Å²) in [5.41, 5.74) is -3.21. The molecule has 0 spiro atoms. The fraction of sp³-hybridized carbons (Fsp3) is 0.381. The first-order chi connectivity index (χ1) is 15.6. The van der Waals surface area contributed by atoms with E-state index in [-0.39, 0.29) is 22.8 Å². The summed E-state index contributed by atoms with van der Waals surface area (Å²) in [7, 11) is -3.27. The van der Waals surface area contributed by atoms with Gasteiger partial charge in [-0.2, -0.15) is 8.78 Å². The van der Waals surface area contributed by atoms with Gasteiger partial charge in [-0.25, -0.2) is 22.2 Å². The third-order valence-electron chi connectivity index (χ3n) is 5.74. The van der Waals surface area contributed by atoms with Crippen molar-refractivity contribution in [2.24, 2.45) is 0 Å². The lowest BCUT2D eigenvalue weighted by Gasteiger charge is -2.38. The van der Waals surface area contributed by atoms with Crippen LogP contribution in [0.15, 0.2) is 24.4 Å². The lowest BCUT2D eigenvalue weighted by atomic mass is 9.85. The number of benzene rings is 1. The summed E-state index contributed by atoms with van der Waals surface area (Å²) in [5, 5.41) is 2.50. The molecule has 3 heterocycles. The molecular weight excluding hydrogens is 482 g/mol. The molecule has 0 unspecified atom stereocenters. The number of fused-ring (bicyclic) bond motifs is 1. The number of hydrogen-bond donors (Lipinski definition) is 1. The molecule has 0 aliphatic carbocycles. The molecule has 2 aliphatic heterocycles. The van der Waals surface area contributed by atoms with E-state index in [1.54, 1.807) is 0 Å². The third-order valence-corrected chi connectivity index (χ3v) is 7.89. The van der Waals surface area contributed by atoms with Crippen LogP contribution in [0.1, 0.15) is 36.7 Å². The minimum absolute atomic E-state index is 0.0884. The predicted octanol–water partition coefficient (Wildman–Crippen LogP) is 2.83. The van der Waals surface area contributed by atoms with E-state index in [4.69, 9.17) is 0 Å². The maximum atomic E-state index is 15.0. The van der Waals surface area contributed by atoms with Crippen LogP contribution in [0.25, 0.3) is 0 Å². The molecule has 1 fully saturated rings. The van der Waals surface area contributed by atoms with Crippen molar-refractivity contribution in [2.75, 3.05) is 16.4 Å². The van der Waals surface area contributed by atoms with Crippen molar-refractivity contribution in [3.8, 4) is 5.88 Å². The number of nitrogens with one attached hydrogen (secondary N) is 1. The zero-order valence-electron chi connectivity index (χ0n) is 18.2. The summed E-state index contributed by atoms with van der Waals surface area (Å²) in [6.07, 6.45) is 0.594. The molecule has 0 bridgehead atoms. The van der Waals surface area contributed by atoms with Crippen LogP contribution in [0.4, 0.5) is 28.9 Å². The van der Waals surface area contributed by atoms with Gasteiger partial charge in [0.15, 0.2) is 15.7 Å². The van der Waals surface area contributed by atoms with E-state index >= 15 is 4.39 Å². The molecular formula is C21H19F4N3O5S. The second-order valence-electron chi connectivity index (χ2n) is 9.01. The van der Waals surface area contributed by atoms with Gasteiger partial charge in [0.25, 0.3) is 5.91 Å². The van der Waals surface area contributed by atoms with Gasteiger partial charge in [0.1, 0.15) is 5.82 Å². The molecule has 1 aromatic heterocycles. The summed E-state index contributed by atoms with van der Waals surface area (Å²) in [6, 6.07) is 2.80. The second kappa shape index (κ2) is 7.65. The van der Waals surface area contributed by atoms with Crippen LogP contribution in [-0.4, -0.2) is 48.9 Å². The average molecular weight is 501 g/mol. The number of anilines is 2. The Hall–Kier alpha value is -3.22. The van der Waals surface area contributed by atoms with Crippen molar-refractivity contribution in [1.29, 1.82) is 0 Å². The summed E-state index contributed by atoms with van der Waals surface area (Å²) < 4.78 is 81.9. The van der Waals surface area contributed by atoms with Crippen molar-refractivity contribution in [1.82, 2.24) is 10.3 Å². The Balaban J connectivity index is 1.75. The van der Waals surface area contributed by atoms with Gasteiger partial charge in [-0.1, -0.05) is 0 Å². The highest BCUT2D eigenvalue weighted by molar-refractivity contribution is 7.93. The number of sulfone groups is 1. The number of hydrogen-bond acceptors (Lipinski definition) is 6. The van der Waals surface area contributed by atoms with Gasteiger partial charge in [-0.15, -0.1) is 0 Å². The van der Waals surface area contributed by atoms with Crippen LogP contribution in [0.2, 0.25) is 0 Å². The summed E-state index contributed by atoms with van der Waals surface area (Å²) in [4.78, 5) is 30.1. The Kier molecular flexibility index (Phi) is 5.38. The monoisotopic (exact) mass is 501 g/mol. The van der Waals surface area contributed by atoms with E-state index in [0.29, 0.717) is 6.20 Å². The van der Waals surface area contributed by atoms with Crippen molar-refractivity contribution >= 4 is 33.0 Å². The molecule has 0 atom stereocenters. The van der Waals surface area contributed by atoms with Crippen molar-refractivity contribution in [3.05, 3.63) is 47.2 Å². The van der Waals surface area contributed by atoms with Gasteiger partial charge in [0.05, 0.1) is 45.6 Å². The quantitative estimate of drug-likeness (QED) is 0.632. The standard InChI is InChI=1S/C21H19F4N3O5S/c1-20(2)11-4-10(17(29)27-21(3)8-34(31,32)9-21)12(22)5-14(11)28(18(20)30)15-6-16(33-19(24)25)26-7-13(15)23/h4-7,19H,8-9H2,1-3H3,(H,27,29). The number of halogens is 4. The molecule has 2 amide bonds. The Morgan fingerprint density at radius 1 is 1.12 bits per heavy atom. The average Bonchev–Trinajstić information content (AvgIpc) is 2.86. The number of aromatic nitrogens is 1. The summed E-state index contributed by atoms with van der Waals surface area (Å²) in [6.45, 7) is 1.22. The number of rotatable bonds is 5. The number of carbonyl (C=O) groups is 2. The molecule has 1 N–H and O–H groups in total. The van der Waals surface area contributed by atoms with Gasteiger partial charge in [-0.05, 0) is 38.5 Å². The SMILES string of the molecule is CC1(NC(=O)c2cc3c(cc2F)N(c2cc(OC(F)F)ncc2F)C(=O)C3(C)C)CS(=O)(=O)C1. The number of ether oxygens (including phenoxy) is 1. The number of alkyl halides is 2. The molecule has 2 aliphatic rings. The minimum atomic E-state index is -3.27. The molecule has 1 saturated heterocycles. The molecule has 0 saturated carbocycles. The van der Waals surface area contributed by atoms with Crippen molar-refractivity contribution in [2.45, 2.75) is 38.3 Å². The van der Waals surface area contributed by atoms with Crippen molar-refractivity contribution < 1.29 is 40.3 Å². The molecule has 1 aromatic carbocycles. The minimum Gasteiger partial charge on any atom is -0.417 e. The molecule has 0 radical (unpaired) electrons. The lowest BCUT2D eigenvalue weighted by molar-refractivity contribution is -0.121. The first kappa shape index (κ1) is 23.9. The highest BCUT2D eigenvalue weighted by Gasteiger charge is 2.48. The Morgan fingerprint density at radius 2 is 1.76 bits per heavy atom. The lowest BCUT2D eigenvalue weighted by Crippen LogP contribution is -2.63. The van der Waals surface area contributed by atoms with E-state index in [9.17, 15) is 31.2 Å². The molecule has 13 heteroatoms. The van der Waals surface area contributed by atoms with E-state index in [1.807, 2.05) is 0 Å². The Morgan fingerprint density at radius 3 is 2.35 bits per heavy atom. The highest BCUT2D eigenvalue weighted by Crippen LogP contribution is 2.47. The van der Waals surface area contributed by atoms with E-state index in [2.05, 4.69) is 15.0 Å². The molecule has 34 heavy (non-hydrogen) atoms. The van der Waals surface area contributed by atoms with E-state index in [1.165, 1.54) is 20.8 Å². The fourth-order valence-corrected chi connectivity index (χ4v) is 6.25. The fourth-order valence-electron chi connectivity index (χ4n) is 4.24. The van der Waals surface area contributed by atoms with Gasteiger partial charge >= 0.3 is 6.61 Å². The summed E-state index contributed by atoms with van der Waals surface area (Å²) in [5.74, 6) is -4.89. The third kappa shape index (κ3) is 3.97. The first-order valence-corrected chi connectivity index (χ1v) is 11.8. The highest BCUT2D eigenvalue weighted by atomic mass is 32.2. The number of pyridine rings is 1. The zero-order chi connectivity index (χ0) is 25.2. The van der Waals surface area contributed by atoms with Crippen molar-refractivity contribution in [3.63, 3.8) is 0 Å². The van der Waals surface area contributed by atoms with Crippen LogP contribution in [0.3, 0.4) is 0 Å². The van der Waals surface area contributed by atoms with Gasteiger partial charge < -0.3 is 10.1 Å². The van der Waals surface area contributed by atoms with Crippen LogP contribution >= 0.6 is 0 Å². The second-order valence-corrected chi connectivity index (χ2v) is 11.1. The zero-order valence-corrected chi connectivity index (χ0v) is 19.0. The molecule has 4 rings (SSSR count).